The average Bonchev–Trinajstić information content (AvgIpc) is 1.83. The van der Waals surface area contributed by atoms with E-state index in [1.54, 1.807) is 0 Å². The molecule has 1 atom stereocenters. The summed E-state index contributed by atoms with van der Waals surface area (Å²) in [6.07, 6.45) is -0.698. The molecule has 0 aromatic heterocycles. The van der Waals surface area contributed by atoms with Crippen molar-refractivity contribution >= 4 is 8.69 Å². The zero-order valence-electron chi connectivity index (χ0n) is 4.28. The molecule has 0 unspecified atom stereocenters. The number of rotatable bonds is 4. The lowest BCUT2D eigenvalue weighted by atomic mass is 10.4. The monoisotopic (exact) mass is 137 g/mol. The molecule has 0 aromatic rings. The SMILES string of the molecule is NC[C@@H](O)COP=O. The first kappa shape index (κ1) is 7.98. The highest BCUT2D eigenvalue weighted by atomic mass is 31.1. The van der Waals surface area contributed by atoms with Crippen LogP contribution in [0.1, 0.15) is 0 Å². The molecular formula is C3H8NO3P. The van der Waals surface area contributed by atoms with Crippen LogP contribution in [-0.4, -0.2) is 24.4 Å². The van der Waals surface area contributed by atoms with Crippen LogP contribution in [0.4, 0.5) is 0 Å². The lowest BCUT2D eigenvalue weighted by Crippen LogP contribution is -2.23. The molecule has 0 aliphatic carbocycles. The lowest BCUT2D eigenvalue weighted by molar-refractivity contribution is 0.121. The minimum atomic E-state index is -0.698. The van der Waals surface area contributed by atoms with Crippen LogP contribution in [-0.2, 0) is 9.09 Å². The Morgan fingerprint density at radius 2 is 2.50 bits per heavy atom. The minimum absolute atomic E-state index is 0.0293. The van der Waals surface area contributed by atoms with Crippen molar-refractivity contribution in [1.82, 2.24) is 0 Å². The van der Waals surface area contributed by atoms with E-state index in [1.807, 2.05) is 0 Å². The average molecular weight is 137 g/mol. The second kappa shape index (κ2) is 5.12. The van der Waals surface area contributed by atoms with Crippen LogP contribution in [0.3, 0.4) is 0 Å². The Kier molecular flexibility index (Phi) is 5.11. The fourth-order valence-electron chi connectivity index (χ4n) is 0.185. The van der Waals surface area contributed by atoms with Crippen LogP contribution in [0.25, 0.3) is 0 Å². The summed E-state index contributed by atoms with van der Waals surface area (Å²) in [6, 6.07) is 0. The van der Waals surface area contributed by atoms with Crippen molar-refractivity contribution in [3.8, 4) is 0 Å². The minimum Gasteiger partial charge on any atom is -0.389 e. The quantitative estimate of drug-likeness (QED) is 0.514. The molecule has 5 heteroatoms. The maximum absolute atomic E-state index is 9.55. The first-order valence-corrected chi connectivity index (χ1v) is 2.87. The van der Waals surface area contributed by atoms with Gasteiger partial charge in [-0.1, -0.05) is 0 Å². The van der Waals surface area contributed by atoms with Crippen LogP contribution >= 0.6 is 8.69 Å². The number of hydrogen-bond acceptors (Lipinski definition) is 4. The Morgan fingerprint density at radius 1 is 1.88 bits per heavy atom. The fraction of sp³-hybridized carbons (Fsp3) is 1.00. The van der Waals surface area contributed by atoms with E-state index in [-0.39, 0.29) is 13.2 Å². The predicted molar refractivity (Wildman–Crippen MR) is 28.6 cm³/mol. The largest absolute Gasteiger partial charge is 0.389 e. The second-order valence-corrected chi connectivity index (χ2v) is 1.67. The maximum Gasteiger partial charge on any atom is 0.327 e. The zero-order chi connectivity index (χ0) is 6.41. The van der Waals surface area contributed by atoms with E-state index in [0.29, 0.717) is 0 Å². The second-order valence-electron chi connectivity index (χ2n) is 1.26. The van der Waals surface area contributed by atoms with Crippen molar-refractivity contribution in [2.24, 2.45) is 5.73 Å². The fourth-order valence-corrected chi connectivity index (χ4v) is 0.417. The van der Waals surface area contributed by atoms with Crippen LogP contribution in [0.5, 0.6) is 0 Å². The van der Waals surface area contributed by atoms with Crippen molar-refractivity contribution in [1.29, 1.82) is 0 Å². The van der Waals surface area contributed by atoms with Gasteiger partial charge in [0.25, 0.3) is 0 Å². The van der Waals surface area contributed by atoms with E-state index in [0.717, 1.165) is 0 Å². The lowest BCUT2D eigenvalue weighted by Gasteiger charge is -2.01. The van der Waals surface area contributed by atoms with Crippen LogP contribution in [0, 0.1) is 0 Å². The standard InChI is InChI=1S/C3H8NO3P/c4-1-3(5)2-7-8-6/h3,5H,1-2,4H2/t3-/m1/s1. The normalized spacial score (nSPS) is 14.2. The highest BCUT2D eigenvalue weighted by Gasteiger charge is 1.98. The first-order valence-electron chi connectivity index (χ1n) is 2.14. The molecule has 3 N–H and O–H groups in total. The summed E-state index contributed by atoms with van der Waals surface area (Å²) in [5.74, 6) is 0. The Morgan fingerprint density at radius 3 is 2.88 bits per heavy atom. The van der Waals surface area contributed by atoms with Gasteiger partial charge < -0.3 is 10.8 Å². The van der Waals surface area contributed by atoms with Crippen LogP contribution in [0.15, 0.2) is 0 Å². The molecule has 0 rings (SSSR count). The molecule has 0 aromatic carbocycles. The van der Waals surface area contributed by atoms with Gasteiger partial charge in [-0.2, -0.15) is 0 Å². The molecule has 0 saturated heterocycles. The van der Waals surface area contributed by atoms with Crippen molar-refractivity contribution in [3.05, 3.63) is 0 Å². The van der Waals surface area contributed by atoms with Gasteiger partial charge in [0.2, 0.25) is 0 Å². The van der Waals surface area contributed by atoms with Gasteiger partial charge >= 0.3 is 8.69 Å². The van der Waals surface area contributed by atoms with Gasteiger partial charge in [0.05, 0.1) is 12.7 Å². The van der Waals surface area contributed by atoms with E-state index in [2.05, 4.69) is 4.52 Å². The molecule has 48 valence electrons. The molecule has 0 amide bonds. The highest BCUT2D eigenvalue weighted by Crippen LogP contribution is 1.94. The molecule has 0 bridgehead atoms. The van der Waals surface area contributed by atoms with E-state index < -0.39 is 14.8 Å². The van der Waals surface area contributed by atoms with Gasteiger partial charge in [0, 0.05) is 6.54 Å². The third kappa shape index (κ3) is 4.15. The number of aliphatic hydroxyl groups excluding tert-OH is 1. The van der Waals surface area contributed by atoms with E-state index in [1.165, 1.54) is 0 Å². The summed E-state index contributed by atoms with van der Waals surface area (Å²) in [7, 11) is -0.416. The van der Waals surface area contributed by atoms with Gasteiger partial charge in [-0.3, -0.25) is 4.52 Å². The molecule has 0 aliphatic heterocycles. The van der Waals surface area contributed by atoms with Crippen molar-refractivity contribution < 1.29 is 14.2 Å². The van der Waals surface area contributed by atoms with Crippen molar-refractivity contribution in [2.75, 3.05) is 13.2 Å². The maximum atomic E-state index is 9.55. The molecule has 0 spiro atoms. The van der Waals surface area contributed by atoms with Gasteiger partial charge in [-0.05, 0) is 0 Å². The molecule has 0 saturated carbocycles. The highest BCUT2D eigenvalue weighted by molar-refractivity contribution is 7.17. The van der Waals surface area contributed by atoms with Crippen LogP contribution < -0.4 is 5.73 Å². The Labute approximate surface area is 48.9 Å². The molecular weight excluding hydrogens is 129 g/mol. The van der Waals surface area contributed by atoms with E-state index in [4.69, 9.17) is 10.8 Å². The van der Waals surface area contributed by atoms with Gasteiger partial charge in [-0.25, -0.2) is 4.57 Å². The summed E-state index contributed by atoms with van der Waals surface area (Å²) in [4.78, 5) is 0. The van der Waals surface area contributed by atoms with Gasteiger partial charge in [0.1, 0.15) is 0 Å². The zero-order valence-corrected chi connectivity index (χ0v) is 5.17. The molecule has 0 heterocycles. The number of aliphatic hydroxyl groups is 1. The third-order valence-electron chi connectivity index (χ3n) is 0.592. The van der Waals surface area contributed by atoms with E-state index in [9.17, 15) is 4.57 Å². The Balaban J connectivity index is 2.97. The number of nitrogens with two attached hydrogens (primary N) is 1. The van der Waals surface area contributed by atoms with Crippen molar-refractivity contribution in [2.45, 2.75) is 6.10 Å². The molecule has 0 fully saturated rings. The van der Waals surface area contributed by atoms with Crippen molar-refractivity contribution in [3.63, 3.8) is 0 Å². The summed E-state index contributed by atoms with van der Waals surface area (Å²) < 4.78 is 13.8. The van der Waals surface area contributed by atoms with Crippen LogP contribution in [0.2, 0.25) is 0 Å². The Bertz CT molecular complexity index is 69.5. The Hall–Kier alpha value is -0.0200. The van der Waals surface area contributed by atoms with Gasteiger partial charge in [0.15, 0.2) is 0 Å². The number of hydrogen-bond donors (Lipinski definition) is 2. The topological polar surface area (TPSA) is 72.6 Å². The van der Waals surface area contributed by atoms with E-state index >= 15 is 0 Å². The first-order chi connectivity index (χ1) is 3.81. The third-order valence-corrected chi connectivity index (χ3v) is 0.846. The van der Waals surface area contributed by atoms with Gasteiger partial charge in [-0.15, -0.1) is 0 Å². The molecule has 4 nitrogen and oxygen atoms in total. The molecule has 0 radical (unpaired) electrons. The predicted octanol–water partition coefficient (Wildman–Crippen LogP) is -0.471. The summed E-state index contributed by atoms with van der Waals surface area (Å²) in [6.45, 7) is 0.164. The molecule has 0 aliphatic rings. The smallest absolute Gasteiger partial charge is 0.327 e. The summed E-state index contributed by atoms with van der Waals surface area (Å²) in [5.41, 5.74) is 4.98. The molecule has 8 heavy (non-hydrogen) atoms. The summed E-state index contributed by atoms with van der Waals surface area (Å²) >= 11 is 0. The summed E-state index contributed by atoms with van der Waals surface area (Å²) in [5, 5.41) is 8.60.